The molecule has 0 aromatic carbocycles. The van der Waals surface area contributed by atoms with Crippen molar-refractivity contribution < 1.29 is 9.66 Å². The van der Waals surface area contributed by atoms with E-state index >= 15 is 0 Å². The third-order valence-electron chi connectivity index (χ3n) is 3.28. The summed E-state index contributed by atoms with van der Waals surface area (Å²) in [6, 6.07) is 4.08. The molecule has 112 valence electrons. The van der Waals surface area contributed by atoms with Crippen molar-refractivity contribution in [2.45, 2.75) is 19.4 Å². The maximum atomic E-state index is 12.2. The molecule has 1 aliphatic heterocycles. The van der Waals surface area contributed by atoms with E-state index in [0.717, 1.165) is 0 Å². The van der Waals surface area contributed by atoms with Gasteiger partial charge in [0.1, 0.15) is 11.4 Å². The Kier molecular flexibility index (Phi) is 3.05. The molecule has 0 unspecified atom stereocenters. The minimum absolute atomic E-state index is 0.152. The second kappa shape index (κ2) is 4.80. The van der Waals surface area contributed by atoms with Crippen LogP contribution in [0.25, 0.3) is 5.70 Å². The summed E-state index contributed by atoms with van der Waals surface area (Å²) < 4.78 is 7.07. The fourth-order valence-corrected chi connectivity index (χ4v) is 2.36. The second-order valence-electron chi connectivity index (χ2n) is 5.46. The van der Waals surface area contributed by atoms with Crippen molar-refractivity contribution in [2.75, 3.05) is 0 Å². The van der Waals surface area contributed by atoms with Gasteiger partial charge in [-0.05, 0) is 26.0 Å². The summed E-state index contributed by atoms with van der Waals surface area (Å²) in [6.07, 6.45) is 6.13. The molecule has 0 atom stereocenters. The van der Waals surface area contributed by atoms with Crippen molar-refractivity contribution in [1.29, 1.82) is 0 Å². The highest BCUT2D eigenvalue weighted by atomic mass is 16.6. The van der Waals surface area contributed by atoms with Gasteiger partial charge >= 0.3 is 0 Å². The maximum Gasteiger partial charge on any atom is 0.286 e. The number of nitro groups is 1. The summed E-state index contributed by atoms with van der Waals surface area (Å²) in [6.45, 7) is 3.68. The second-order valence-corrected chi connectivity index (χ2v) is 5.46. The lowest BCUT2D eigenvalue weighted by atomic mass is 10.00. The molecular formula is C15H13N3O4. The molecule has 3 heterocycles. The Morgan fingerprint density at radius 1 is 1.32 bits per heavy atom. The topological polar surface area (TPSA) is 87.3 Å². The van der Waals surface area contributed by atoms with Gasteiger partial charge in [-0.1, -0.05) is 0 Å². The predicted molar refractivity (Wildman–Crippen MR) is 79.7 cm³/mol. The lowest BCUT2D eigenvalue weighted by molar-refractivity contribution is -0.385. The quantitative estimate of drug-likeness (QED) is 0.626. The Balaban J connectivity index is 2.26. The van der Waals surface area contributed by atoms with E-state index in [1.165, 1.54) is 22.9 Å². The van der Waals surface area contributed by atoms with Gasteiger partial charge < -0.3 is 4.74 Å². The van der Waals surface area contributed by atoms with Crippen LogP contribution in [0.3, 0.4) is 0 Å². The fourth-order valence-electron chi connectivity index (χ4n) is 2.36. The van der Waals surface area contributed by atoms with Gasteiger partial charge in [0.25, 0.3) is 11.2 Å². The molecule has 22 heavy (non-hydrogen) atoms. The summed E-state index contributed by atoms with van der Waals surface area (Å²) in [7, 11) is 0. The zero-order valence-corrected chi connectivity index (χ0v) is 12.0. The smallest absolute Gasteiger partial charge is 0.286 e. The predicted octanol–water partition coefficient (Wildman–Crippen LogP) is 2.21. The third kappa shape index (κ3) is 2.37. The lowest BCUT2D eigenvalue weighted by Crippen LogP contribution is -2.32. The molecule has 0 radical (unpaired) electrons. The van der Waals surface area contributed by atoms with Crippen LogP contribution in [0, 0.1) is 10.1 Å². The van der Waals surface area contributed by atoms with E-state index in [0.29, 0.717) is 17.0 Å². The van der Waals surface area contributed by atoms with Gasteiger partial charge in [-0.3, -0.25) is 24.5 Å². The van der Waals surface area contributed by atoms with Gasteiger partial charge in [-0.25, -0.2) is 0 Å². The van der Waals surface area contributed by atoms with Gasteiger partial charge in [-0.15, -0.1) is 0 Å². The molecule has 0 N–H and O–H groups in total. The first kappa shape index (κ1) is 14.0. The molecule has 0 amide bonds. The van der Waals surface area contributed by atoms with Crippen molar-refractivity contribution >= 4 is 11.4 Å². The highest BCUT2D eigenvalue weighted by Crippen LogP contribution is 2.35. The number of ether oxygens (including phenoxy) is 1. The van der Waals surface area contributed by atoms with Crippen LogP contribution in [0.4, 0.5) is 5.69 Å². The van der Waals surface area contributed by atoms with Crippen molar-refractivity contribution in [3.05, 3.63) is 68.9 Å². The molecule has 7 heteroatoms. The lowest BCUT2D eigenvalue weighted by Gasteiger charge is -2.31. The van der Waals surface area contributed by atoms with Gasteiger partial charge in [0.05, 0.1) is 23.0 Å². The Morgan fingerprint density at radius 3 is 2.82 bits per heavy atom. The van der Waals surface area contributed by atoms with Crippen LogP contribution >= 0.6 is 0 Å². The zero-order chi connectivity index (χ0) is 15.9. The summed E-state index contributed by atoms with van der Waals surface area (Å²) in [5.74, 6) is 0.531. The van der Waals surface area contributed by atoms with Crippen molar-refractivity contribution in [2.24, 2.45) is 0 Å². The Hall–Kier alpha value is -2.96. The SMILES string of the molecule is CC1(C)C=C(n2cc([N+](=O)[O-])ccc2=O)c2ccncc2O1. The van der Waals surface area contributed by atoms with Crippen LogP contribution in [0.5, 0.6) is 5.75 Å². The molecular weight excluding hydrogens is 286 g/mol. The van der Waals surface area contributed by atoms with E-state index in [9.17, 15) is 14.9 Å². The number of rotatable bonds is 2. The molecule has 2 aromatic heterocycles. The number of pyridine rings is 2. The zero-order valence-electron chi connectivity index (χ0n) is 12.0. The number of nitrogens with zero attached hydrogens (tertiary/aromatic N) is 3. The highest BCUT2D eigenvalue weighted by molar-refractivity contribution is 5.73. The van der Waals surface area contributed by atoms with Crippen LogP contribution in [0.1, 0.15) is 19.4 Å². The van der Waals surface area contributed by atoms with Gasteiger partial charge in [0, 0.05) is 23.9 Å². The Morgan fingerprint density at radius 2 is 2.09 bits per heavy atom. The van der Waals surface area contributed by atoms with E-state index in [-0.39, 0.29) is 11.2 Å². The van der Waals surface area contributed by atoms with E-state index < -0.39 is 10.5 Å². The van der Waals surface area contributed by atoms with E-state index in [1.807, 2.05) is 13.8 Å². The minimum Gasteiger partial charge on any atom is -0.481 e. The standard InChI is InChI=1S/C15H13N3O4/c1-15(2)7-12(11-5-6-16-8-13(11)22-15)17-9-10(18(20)21)3-4-14(17)19/h3-9H,1-2H3. The van der Waals surface area contributed by atoms with Crippen LogP contribution in [0.2, 0.25) is 0 Å². The molecule has 7 nitrogen and oxygen atoms in total. The van der Waals surface area contributed by atoms with Crippen LogP contribution in [-0.4, -0.2) is 20.1 Å². The molecule has 0 saturated heterocycles. The molecule has 0 aliphatic carbocycles. The van der Waals surface area contributed by atoms with Crippen molar-refractivity contribution in [3.63, 3.8) is 0 Å². The van der Waals surface area contributed by atoms with Gasteiger partial charge in [-0.2, -0.15) is 0 Å². The Labute approximate surface area is 125 Å². The normalized spacial score (nSPS) is 15.5. The molecule has 3 rings (SSSR count). The first-order valence-electron chi connectivity index (χ1n) is 6.61. The number of hydrogen-bond acceptors (Lipinski definition) is 5. The number of aromatic nitrogens is 2. The van der Waals surface area contributed by atoms with E-state index in [2.05, 4.69) is 4.98 Å². The third-order valence-corrected chi connectivity index (χ3v) is 3.28. The summed E-state index contributed by atoms with van der Waals surface area (Å²) in [5, 5.41) is 11.0. The first-order valence-corrected chi connectivity index (χ1v) is 6.61. The van der Waals surface area contributed by atoms with Gasteiger partial charge in [0.15, 0.2) is 0 Å². The summed E-state index contributed by atoms with van der Waals surface area (Å²) in [5.41, 5.74) is 0.0482. The minimum atomic E-state index is -0.657. The average molecular weight is 299 g/mol. The molecule has 0 bridgehead atoms. The number of hydrogen-bond donors (Lipinski definition) is 0. The molecule has 0 spiro atoms. The summed E-state index contributed by atoms with van der Waals surface area (Å²) in [4.78, 5) is 26.6. The molecule has 1 aliphatic rings. The maximum absolute atomic E-state index is 12.2. The average Bonchev–Trinajstić information content (AvgIpc) is 2.45. The Bertz CT molecular complexity index is 852. The first-order chi connectivity index (χ1) is 10.4. The van der Waals surface area contributed by atoms with Crippen LogP contribution in [-0.2, 0) is 0 Å². The van der Waals surface area contributed by atoms with Gasteiger partial charge in [0.2, 0.25) is 0 Å². The van der Waals surface area contributed by atoms with E-state index in [1.54, 1.807) is 24.5 Å². The van der Waals surface area contributed by atoms with Crippen molar-refractivity contribution in [1.82, 2.24) is 9.55 Å². The molecule has 0 saturated carbocycles. The van der Waals surface area contributed by atoms with Crippen LogP contribution in [0.15, 0.2) is 47.7 Å². The number of fused-ring (bicyclic) bond motifs is 1. The summed E-state index contributed by atoms with van der Waals surface area (Å²) >= 11 is 0. The fraction of sp³-hybridized carbons (Fsp3) is 0.200. The van der Waals surface area contributed by atoms with Crippen molar-refractivity contribution in [3.8, 4) is 5.75 Å². The highest BCUT2D eigenvalue weighted by Gasteiger charge is 2.28. The molecule has 0 fully saturated rings. The molecule has 2 aromatic rings. The van der Waals surface area contributed by atoms with E-state index in [4.69, 9.17) is 4.74 Å². The monoisotopic (exact) mass is 299 g/mol. The largest absolute Gasteiger partial charge is 0.481 e. The van der Waals surface area contributed by atoms with Crippen LogP contribution < -0.4 is 10.3 Å².